The highest BCUT2D eigenvalue weighted by Crippen LogP contribution is 2.27. The molecule has 1 aromatic heterocycles. The molecule has 15 amide bonds. The van der Waals surface area contributed by atoms with Crippen LogP contribution < -0.4 is 86.7 Å². The number of unbranched alkanes of at least 4 members (excludes halogenated alkanes) is 1. The number of nitrogens with zero attached hydrogens (tertiary/aromatic N) is 2. The number of aryl methyl sites for hydroxylation is 1. The number of carbonyl (C=O) groups excluding carboxylic acids is 15. The van der Waals surface area contributed by atoms with Crippen LogP contribution in [0.2, 0.25) is 0 Å². The Bertz CT molecular complexity index is 3590. The smallest absolute Gasteiger partial charge is 0.246 e. The number of imidazole rings is 1. The number of rotatable bonds is 25. The highest BCUT2D eigenvalue weighted by molar-refractivity contribution is 8.77. The van der Waals surface area contributed by atoms with Crippen LogP contribution in [0.1, 0.15) is 89.5 Å². The van der Waals surface area contributed by atoms with E-state index in [2.05, 4.69) is 73.8 Å². The monoisotopic (exact) mass is 1570 g/mol. The third-order valence-corrected chi connectivity index (χ3v) is 22.0. The number of H-pyrrole nitrogens is 1. The fourth-order valence-corrected chi connectivity index (χ4v) is 16.0. The van der Waals surface area contributed by atoms with Crippen LogP contribution in [0.15, 0.2) is 67.1 Å². The highest BCUT2D eigenvalue weighted by atomic mass is 33.1. The Morgan fingerprint density at radius 2 is 1.30 bits per heavy atom. The van der Waals surface area contributed by atoms with Crippen molar-refractivity contribution in [2.45, 2.75) is 171 Å². The molecule has 0 saturated carbocycles. The third kappa shape index (κ3) is 28.8. The van der Waals surface area contributed by atoms with Crippen molar-refractivity contribution in [3.8, 4) is 5.75 Å². The summed E-state index contributed by atoms with van der Waals surface area (Å²) in [7, 11) is 3.53. The molecule has 3 fully saturated rings. The number of nitrogens with two attached hydrogens (primary N) is 4. The van der Waals surface area contributed by atoms with Crippen LogP contribution in [0.5, 0.6) is 5.75 Å². The molecule has 586 valence electrons. The third-order valence-electron chi connectivity index (χ3n) is 17.1. The first kappa shape index (κ1) is 86.7. The summed E-state index contributed by atoms with van der Waals surface area (Å²) in [6, 6.07) is -3.07. The van der Waals surface area contributed by atoms with Gasteiger partial charge in [0, 0.05) is 60.7 Å². The quantitative estimate of drug-likeness (QED) is 0.0279. The molecule has 6 rings (SSSR count). The predicted octanol–water partition coefficient (Wildman–Crippen LogP) is -5.12. The highest BCUT2D eigenvalue weighted by Gasteiger charge is 2.44. The lowest BCUT2D eigenvalue weighted by atomic mass is 10.0. The zero-order chi connectivity index (χ0) is 78.4. The van der Waals surface area contributed by atoms with Crippen molar-refractivity contribution < 1.29 is 82.1 Å². The van der Waals surface area contributed by atoms with Gasteiger partial charge in [-0.2, -0.15) is 0 Å². The molecule has 23 N–H and O–H groups in total. The summed E-state index contributed by atoms with van der Waals surface area (Å²) < 4.78 is 0. The molecule has 3 saturated heterocycles. The van der Waals surface area contributed by atoms with Crippen LogP contribution in [0.25, 0.3) is 0 Å². The van der Waals surface area contributed by atoms with Crippen LogP contribution in [-0.2, 0) is 91.2 Å². The fraction of sp³-hybridized carbons (Fsp3) is 0.552. The van der Waals surface area contributed by atoms with Gasteiger partial charge in [0.2, 0.25) is 88.6 Å². The van der Waals surface area contributed by atoms with Gasteiger partial charge >= 0.3 is 0 Å². The molecule has 0 radical (unpaired) electrons. The Hall–Kier alpha value is -9.22. The van der Waals surface area contributed by atoms with Gasteiger partial charge in [-0.1, -0.05) is 113 Å². The van der Waals surface area contributed by atoms with Gasteiger partial charge < -0.3 is 107 Å². The van der Waals surface area contributed by atoms with Crippen molar-refractivity contribution >= 4 is 132 Å². The zero-order valence-corrected chi connectivity index (χ0v) is 62.9. The SMILES string of the molecule is CC(C)C[C@@H]1NC(=O)[C@H](CCCCN)NC(=O)[C@H](Cc2ccc(O)cc2)NC(=O)CNC(=O)[C@@H]2CSSC[C@H](NC1=O)C(=O)N[C@@H](Cc1cnc[nH]1)C(=O)N1C[C@H](O)C[C@H]1C(=O)N[C@H](C(N)=O)CSSC[C@H](NC(=O)[C@@H](NC(=O)CNC(=O)[C@H](CC(N)=O)NC(=O)[C@@H](N)CCc1ccccc1)C(C)C)C(=O)N2. The summed E-state index contributed by atoms with van der Waals surface area (Å²) in [6.45, 7) is 4.72. The molecule has 40 heteroatoms. The second kappa shape index (κ2) is 43.6. The number of benzene rings is 2. The molecule has 107 heavy (non-hydrogen) atoms. The molecule has 3 aliphatic heterocycles. The van der Waals surface area contributed by atoms with E-state index in [0.717, 1.165) is 53.6 Å². The Kier molecular flexibility index (Phi) is 35.3. The van der Waals surface area contributed by atoms with Crippen molar-refractivity contribution in [2.75, 3.05) is 49.2 Å². The molecule has 2 bridgehead atoms. The van der Waals surface area contributed by atoms with Crippen LogP contribution in [-0.4, -0.2) is 241 Å². The van der Waals surface area contributed by atoms with E-state index in [0.29, 0.717) is 30.5 Å². The number of carbonyl (C=O) groups is 15. The van der Waals surface area contributed by atoms with E-state index in [9.17, 15) is 77.3 Å². The summed E-state index contributed by atoms with van der Waals surface area (Å²) in [6.07, 6.45) is 1.10. The lowest BCUT2D eigenvalue weighted by molar-refractivity contribution is -0.142. The van der Waals surface area contributed by atoms with Crippen molar-refractivity contribution in [1.29, 1.82) is 0 Å². The number of phenolic OH excluding ortho intramolecular Hbond substituents is 1. The van der Waals surface area contributed by atoms with Gasteiger partial charge in [0.25, 0.3) is 0 Å². The number of fused-ring (bicyclic) bond motifs is 6. The van der Waals surface area contributed by atoms with Gasteiger partial charge in [0.15, 0.2) is 0 Å². The van der Waals surface area contributed by atoms with Crippen LogP contribution >= 0.6 is 43.2 Å². The summed E-state index contributed by atoms with van der Waals surface area (Å²) in [5.74, 6) is -16.9. The van der Waals surface area contributed by atoms with Crippen molar-refractivity contribution in [3.63, 3.8) is 0 Å². The number of hydrogen-bond donors (Lipinski definition) is 19. The van der Waals surface area contributed by atoms with Crippen LogP contribution in [0.3, 0.4) is 0 Å². The summed E-state index contributed by atoms with van der Waals surface area (Å²) in [5.41, 5.74) is 24.9. The topological polar surface area (TPSA) is 577 Å². The minimum atomic E-state index is -1.67. The maximum atomic E-state index is 15.1. The van der Waals surface area contributed by atoms with E-state index in [1.54, 1.807) is 13.8 Å². The van der Waals surface area contributed by atoms with Gasteiger partial charge in [-0.25, -0.2) is 4.98 Å². The molecule has 13 atom stereocenters. The molecule has 0 aliphatic carbocycles. The molecule has 3 aliphatic rings. The number of nitrogens with one attached hydrogen (secondary N) is 13. The fourth-order valence-electron chi connectivity index (χ4n) is 11.3. The number of aliphatic hydroxyl groups excluding tert-OH is 1. The Morgan fingerprint density at radius 3 is 1.94 bits per heavy atom. The number of aromatic amines is 1. The van der Waals surface area contributed by atoms with E-state index in [4.69, 9.17) is 22.9 Å². The summed E-state index contributed by atoms with van der Waals surface area (Å²) in [5, 5.41) is 52.1. The molecular weight excluding hydrogens is 1470 g/mol. The number of hydrogen-bond acceptors (Lipinski definition) is 24. The van der Waals surface area contributed by atoms with E-state index in [1.165, 1.54) is 50.6 Å². The number of amides is 15. The van der Waals surface area contributed by atoms with Gasteiger partial charge in [0.05, 0.1) is 38.0 Å². The first-order chi connectivity index (χ1) is 50.9. The van der Waals surface area contributed by atoms with Crippen molar-refractivity contribution in [3.05, 3.63) is 83.9 Å². The van der Waals surface area contributed by atoms with Crippen molar-refractivity contribution in [1.82, 2.24) is 78.7 Å². The van der Waals surface area contributed by atoms with E-state index >= 15 is 4.79 Å². The average Bonchev–Trinajstić information content (AvgIpc) is 1.80. The number of aromatic hydroxyl groups is 1. The molecule has 4 heterocycles. The normalized spacial score (nSPS) is 23.9. The minimum Gasteiger partial charge on any atom is -0.508 e. The van der Waals surface area contributed by atoms with Gasteiger partial charge in [-0.05, 0) is 80.2 Å². The largest absolute Gasteiger partial charge is 0.508 e. The molecule has 0 unspecified atom stereocenters. The standard InChI is InChI=1S/C67H97N19O17S4/c1-34(2)20-43-61(97)83-49-31-107-105-30-48(59(95)74-26-53(90)76-44(21-37-13-16-39(87)17-14-37)62(98)77-42(60(96)79-43)12-8-9-19-68)82-64(100)50(32-106-104-29-47(56(71)92)81-65(101)51-23-40(88)28-86(51)67(103)46(80-63(49)99)22-38-25-72-33-75-38)84-66(102)55(35(3)4)85-54(91)27-73-58(94)45(24-52(70)89)78-57(93)41(69)18-15-36-10-6-5-7-11-36/h5-7,10-11,13-14,16-17,25,33-35,40-51,55,87-88H,8-9,12,15,18-24,26-32,68-69H2,1-4H3,(H2,70,89)(H2,71,92)(H,72,75)(H,73,94)(H,74,95)(H,76,90)(H,77,98)(H,78,93)(H,79,96)(H,80,99)(H,81,101)(H,82,100)(H,83,97)(H,84,102)(H,85,91)/t40-,41+,42+,43+,44+,45+,46+,47+,48+,49+,50+,51+,55+/m1/s1. The molecule has 3 aromatic rings. The number of aromatic nitrogens is 2. The summed E-state index contributed by atoms with van der Waals surface area (Å²) >= 11 is 0. The summed E-state index contributed by atoms with van der Waals surface area (Å²) in [4.78, 5) is 220. The Morgan fingerprint density at radius 1 is 0.664 bits per heavy atom. The Balaban J connectivity index is 1.36. The minimum absolute atomic E-state index is 0.0155. The van der Waals surface area contributed by atoms with Crippen LogP contribution in [0.4, 0.5) is 0 Å². The maximum absolute atomic E-state index is 15.1. The molecule has 2 aromatic carbocycles. The average molecular weight is 1570 g/mol. The van der Waals surface area contributed by atoms with E-state index in [1.807, 2.05) is 30.3 Å². The first-order valence-electron chi connectivity index (χ1n) is 34.8. The molecule has 36 nitrogen and oxygen atoms in total. The second-order valence-corrected chi connectivity index (χ2v) is 31.7. The zero-order valence-electron chi connectivity index (χ0n) is 59.6. The number of aliphatic hydroxyl groups is 1. The van der Waals surface area contributed by atoms with E-state index in [-0.39, 0.29) is 68.2 Å². The predicted molar refractivity (Wildman–Crippen MR) is 398 cm³/mol. The molecule has 0 spiro atoms. The lowest BCUT2D eigenvalue weighted by Crippen LogP contribution is -2.61. The maximum Gasteiger partial charge on any atom is 0.246 e. The van der Waals surface area contributed by atoms with Crippen LogP contribution in [0, 0.1) is 11.8 Å². The Labute approximate surface area is 633 Å². The number of primary amides is 2. The van der Waals surface area contributed by atoms with E-state index < -0.39 is 211 Å². The molecular formula is C67H97N19O17S4. The first-order valence-corrected chi connectivity index (χ1v) is 39.7. The second-order valence-electron chi connectivity index (χ2n) is 26.6. The van der Waals surface area contributed by atoms with Gasteiger partial charge in [-0.3, -0.25) is 71.9 Å². The van der Waals surface area contributed by atoms with Gasteiger partial charge in [0.1, 0.15) is 72.2 Å². The van der Waals surface area contributed by atoms with Gasteiger partial charge in [-0.15, -0.1) is 0 Å². The number of phenols is 1. The van der Waals surface area contributed by atoms with Crippen molar-refractivity contribution in [2.24, 2.45) is 34.8 Å². The lowest BCUT2D eigenvalue weighted by Gasteiger charge is -2.31.